The average Bonchev–Trinajstić information content (AvgIpc) is 3.33. The summed E-state index contributed by atoms with van der Waals surface area (Å²) in [5.41, 5.74) is 0.979. The number of aryl methyl sites for hydroxylation is 1. The maximum atomic E-state index is 13.4. The van der Waals surface area contributed by atoms with Crippen LogP contribution in [0.4, 0.5) is 4.39 Å². The Morgan fingerprint density at radius 2 is 1.84 bits per heavy atom. The Morgan fingerprint density at radius 1 is 1.09 bits per heavy atom. The number of aromatic nitrogens is 3. The van der Waals surface area contributed by atoms with Gasteiger partial charge in [0.15, 0.2) is 5.69 Å². The number of aromatic carboxylic acids is 1. The number of benzene rings is 2. The van der Waals surface area contributed by atoms with E-state index in [9.17, 15) is 23.9 Å². The first-order valence-electron chi connectivity index (χ1n) is 9.67. The molecule has 0 aliphatic heterocycles. The highest BCUT2D eigenvalue weighted by Crippen LogP contribution is 2.31. The summed E-state index contributed by atoms with van der Waals surface area (Å²) in [7, 11) is 0. The molecule has 0 fully saturated rings. The molecule has 5 aromatic rings. The van der Waals surface area contributed by atoms with Gasteiger partial charge in [0.2, 0.25) is 0 Å². The molecule has 0 radical (unpaired) electrons. The summed E-state index contributed by atoms with van der Waals surface area (Å²) >= 11 is 1.27. The van der Waals surface area contributed by atoms with Crippen molar-refractivity contribution in [2.45, 2.75) is 13.5 Å². The second kappa shape index (κ2) is 7.31. The molecule has 0 saturated carbocycles. The highest BCUT2D eigenvalue weighted by Gasteiger charge is 2.27. The number of H-pyrrole nitrogens is 1. The van der Waals surface area contributed by atoms with Crippen molar-refractivity contribution in [3.05, 3.63) is 96.7 Å². The van der Waals surface area contributed by atoms with Crippen LogP contribution in [0.1, 0.15) is 21.6 Å². The number of hydrogen-bond donors (Lipinski definition) is 2. The third-order valence-electron chi connectivity index (χ3n) is 5.41. The number of hydrogen-bond acceptors (Lipinski definition) is 4. The normalized spacial score (nSPS) is 11.4. The van der Waals surface area contributed by atoms with E-state index in [1.165, 1.54) is 28.0 Å². The van der Waals surface area contributed by atoms with Gasteiger partial charge in [0.05, 0.1) is 22.1 Å². The number of aromatic amines is 1. The number of carboxylic acid groups (broad SMARTS) is 1. The van der Waals surface area contributed by atoms with Gasteiger partial charge in [-0.1, -0.05) is 23.8 Å². The maximum absolute atomic E-state index is 13.4. The predicted octanol–water partition coefficient (Wildman–Crippen LogP) is 3.89. The molecular formula is C23H16FN3O4S. The molecule has 0 unspecified atom stereocenters. The van der Waals surface area contributed by atoms with E-state index >= 15 is 0 Å². The van der Waals surface area contributed by atoms with Crippen molar-refractivity contribution >= 4 is 39.1 Å². The Bertz CT molecular complexity index is 1640. The Morgan fingerprint density at radius 3 is 2.56 bits per heavy atom. The predicted molar refractivity (Wildman–Crippen MR) is 121 cm³/mol. The van der Waals surface area contributed by atoms with Gasteiger partial charge in [0, 0.05) is 22.7 Å². The quantitative estimate of drug-likeness (QED) is 0.435. The van der Waals surface area contributed by atoms with Crippen LogP contribution in [0.2, 0.25) is 0 Å². The molecule has 3 heterocycles. The molecule has 0 amide bonds. The van der Waals surface area contributed by atoms with E-state index in [0.717, 1.165) is 10.1 Å². The van der Waals surface area contributed by atoms with Gasteiger partial charge < -0.3 is 14.7 Å². The number of carbonyl (C=O) groups is 1. The number of carboxylic acids is 1. The van der Waals surface area contributed by atoms with Crippen molar-refractivity contribution in [3.63, 3.8) is 0 Å². The van der Waals surface area contributed by atoms with Crippen LogP contribution in [0.25, 0.3) is 27.5 Å². The van der Waals surface area contributed by atoms with Gasteiger partial charge in [0.25, 0.3) is 5.56 Å². The van der Waals surface area contributed by atoms with Crippen molar-refractivity contribution < 1.29 is 14.3 Å². The molecule has 2 aromatic carbocycles. The fraction of sp³-hybridized carbons (Fsp3) is 0.0870. The summed E-state index contributed by atoms with van der Waals surface area (Å²) in [6, 6.07) is 11.1. The van der Waals surface area contributed by atoms with Gasteiger partial charge in [-0.3, -0.25) is 4.79 Å². The van der Waals surface area contributed by atoms with Gasteiger partial charge in [-0.25, -0.2) is 18.5 Å². The van der Waals surface area contributed by atoms with Crippen LogP contribution in [0.3, 0.4) is 0 Å². The van der Waals surface area contributed by atoms with E-state index in [1.807, 2.05) is 13.0 Å². The second-order valence-electron chi connectivity index (χ2n) is 7.51. The van der Waals surface area contributed by atoms with Crippen molar-refractivity contribution in [3.8, 4) is 5.69 Å². The standard InChI is InChI=1S/C23H16FN3O4S/c1-12-2-7-18-15(8-12)19(27-21(28)16-10-32-11-17(16)25-23(27)31)20(22(29)30)26(18)9-13-3-5-14(24)6-4-13/h2-8,10-11H,9H2,1H3,(H,25,31)(H,29,30). The van der Waals surface area contributed by atoms with Gasteiger partial charge in [-0.05, 0) is 36.8 Å². The van der Waals surface area contributed by atoms with Crippen LogP contribution in [0.5, 0.6) is 0 Å². The monoisotopic (exact) mass is 449 g/mol. The molecule has 9 heteroatoms. The maximum Gasteiger partial charge on any atom is 0.354 e. The lowest BCUT2D eigenvalue weighted by Gasteiger charge is -2.10. The van der Waals surface area contributed by atoms with Crippen molar-refractivity contribution in [1.29, 1.82) is 0 Å². The largest absolute Gasteiger partial charge is 0.477 e. The van der Waals surface area contributed by atoms with Gasteiger partial charge in [-0.2, -0.15) is 0 Å². The minimum atomic E-state index is -1.28. The number of nitrogens with zero attached hydrogens (tertiary/aromatic N) is 2. The lowest BCUT2D eigenvalue weighted by molar-refractivity contribution is 0.0686. The number of rotatable bonds is 4. The summed E-state index contributed by atoms with van der Waals surface area (Å²) < 4.78 is 15.8. The molecule has 0 bridgehead atoms. The van der Waals surface area contributed by atoms with E-state index in [2.05, 4.69) is 4.98 Å². The van der Waals surface area contributed by atoms with Crippen molar-refractivity contribution in [2.24, 2.45) is 0 Å². The fourth-order valence-corrected chi connectivity index (χ4v) is 4.73. The van der Waals surface area contributed by atoms with E-state index in [1.54, 1.807) is 35.0 Å². The van der Waals surface area contributed by atoms with Crippen LogP contribution in [-0.4, -0.2) is 25.2 Å². The summed E-state index contributed by atoms with van der Waals surface area (Å²) in [6.45, 7) is 1.96. The van der Waals surface area contributed by atoms with E-state index in [0.29, 0.717) is 27.4 Å². The highest BCUT2D eigenvalue weighted by atomic mass is 32.1. The zero-order chi connectivity index (χ0) is 22.6. The van der Waals surface area contributed by atoms with E-state index < -0.39 is 23.0 Å². The molecule has 32 heavy (non-hydrogen) atoms. The summed E-state index contributed by atoms with van der Waals surface area (Å²) in [6.07, 6.45) is 0. The molecular weight excluding hydrogens is 433 g/mol. The molecule has 0 spiro atoms. The minimum absolute atomic E-state index is 0.0117. The highest BCUT2D eigenvalue weighted by molar-refractivity contribution is 7.09. The Balaban J connectivity index is 1.90. The SMILES string of the molecule is Cc1ccc2c(c1)c(-n1c(=O)[nH]c3cscc3c1=O)c(C(=O)O)n2Cc1ccc(F)cc1. The van der Waals surface area contributed by atoms with Crippen LogP contribution >= 0.6 is 11.3 Å². The van der Waals surface area contributed by atoms with Crippen molar-refractivity contribution in [2.75, 3.05) is 0 Å². The molecule has 0 saturated heterocycles. The first-order valence-corrected chi connectivity index (χ1v) is 10.6. The third kappa shape index (κ3) is 3.05. The van der Waals surface area contributed by atoms with Crippen LogP contribution in [-0.2, 0) is 6.54 Å². The van der Waals surface area contributed by atoms with Crippen LogP contribution in [0.15, 0.2) is 62.8 Å². The number of halogens is 1. The minimum Gasteiger partial charge on any atom is -0.477 e. The number of nitrogens with one attached hydrogen (secondary N) is 1. The van der Waals surface area contributed by atoms with E-state index in [4.69, 9.17) is 0 Å². The summed E-state index contributed by atoms with van der Waals surface area (Å²) in [4.78, 5) is 41.3. The van der Waals surface area contributed by atoms with E-state index in [-0.39, 0.29) is 17.9 Å². The van der Waals surface area contributed by atoms with Gasteiger partial charge in [0.1, 0.15) is 5.82 Å². The molecule has 160 valence electrons. The van der Waals surface area contributed by atoms with Gasteiger partial charge in [-0.15, -0.1) is 11.3 Å². The Hall–Kier alpha value is -3.98. The first kappa shape index (κ1) is 20.0. The second-order valence-corrected chi connectivity index (χ2v) is 8.25. The van der Waals surface area contributed by atoms with Crippen LogP contribution < -0.4 is 11.2 Å². The summed E-state index contributed by atoms with van der Waals surface area (Å²) in [5, 5.41) is 14.2. The Kier molecular flexibility index (Phi) is 4.56. The van der Waals surface area contributed by atoms with Gasteiger partial charge >= 0.3 is 11.7 Å². The third-order valence-corrected chi connectivity index (χ3v) is 6.16. The lowest BCUT2D eigenvalue weighted by Crippen LogP contribution is -2.34. The molecule has 0 aliphatic rings. The molecule has 3 aromatic heterocycles. The first-order chi connectivity index (χ1) is 15.3. The smallest absolute Gasteiger partial charge is 0.354 e. The number of fused-ring (bicyclic) bond motifs is 2. The molecule has 2 N–H and O–H groups in total. The molecule has 0 atom stereocenters. The lowest BCUT2D eigenvalue weighted by atomic mass is 10.1. The molecule has 0 aliphatic carbocycles. The number of thiophene rings is 1. The fourth-order valence-electron chi connectivity index (χ4n) is 3.98. The van der Waals surface area contributed by atoms with Crippen LogP contribution in [0, 0.1) is 12.7 Å². The summed E-state index contributed by atoms with van der Waals surface area (Å²) in [5.74, 6) is -1.68. The average molecular weight is 449 g/mol. The zero-order valence-corrected chi connectivity index (χ0v) is 17.6. The molecule has 5 rings (SSSR count). The Labute approximate surface area is 183 Å². The van der Waals surface area contributed by atoms with Crippen molar-refractivity contribution in [1.82, 2.24) is 14.1 Å². The molecule has 7 nitrogen and oxygen atoms in total. The topological polar surface area (TPSA) is 97.1 Å². The zero-order valence-electron chi connectivity index (χ0n) is 16.8.